The van der Waals surface area contributed by atoms with E-state index in [1.165, 1.54) is 0 Å². The van der Waals surface area contributed by atoms with Gasteiger partial charge in [-0.1, -0.05) is 19.1 Å². The zero-order chi connectivity index (χ0) is 21.4. The lowest BCUT2D eigenvalue weighted by Gasteiger charge is -2.22. The number of rotatable bonds is 8. The van der Waals surface area contributed by atoms with Crippen LogP contribution in [0.1, 0.15) is 43.6 Å². The van der Waals surface area contributed by atoms with Crippen LogP contribution in [-0.2, 0) is 11.3 Å². The number of nitrogens with two attached hydrogens (primary N) is 1. The molecule has 160 valence electrons. The van der Waals surface area contributed by atoms with Crippen molar-refractivity contribution in [2.75, 3.05) is 26.2 Å². The molecule has 1 aromatic carbocycles. The minimum absolute atomic E-state index is 0.170. The maximum Gasteiger partial charge on any atom is 0.251 e. The molecule has 0 spiro atoms. The summed E-state index contributed by atoms with van der Waals surface area (Å²) in [5, 5.41) is 9.36. The lowest BCUT2D eigenvalue weighted by atomic mass is 10.1. The molecule has 2 amide bonds. The summed E-state index contributed by atoms with van der Waals surface area (Å²) in [5.74, 6) is 0.470. The number of carbonyl (C=O) groups is 2. The second-order valence-electron chi connectivity index (χ2n) is 7.82. The van der Waals surface area contributed by atoms with E-state index >= 15 is 0 Å². The van der Waals surface area contributed by atoms with E-state index in [1.54, 1.807) is 12.1 Å². The van der Waals surface area contributed by atoms with Crippen LogP contribution in [0.15, 0.2) is 29.3 Å². The summed E-state index contributed by atoms with van der Waals surface area (Å²) in [7, 11) is 0. The highest BCUT2D eigenvalue weighted by Gasteiger charge is 2.31. The highest BCUT2D eigenvalue weighted by atomic mass is 16.2. The van der Waals surface area contributed by atoms with Crippen molar-refractivity contribution in [1.82, 2.24) is 20.9 Å². The molecule has 8 heteroatoms. The Bertz CT molecular complexity index is 716. The second-order valence-corrected chi connectivity index (χ2v) is 7.82. The molecule has 0 aliphatic carbocycles. The normalized spacial score (nSPS) is 20.0. The van der Waals surface area contributed by atoms with Gasteiger partial charge < -0.3 is 21.7 Å². The highest BCUT2D eigenvalue weighted by Crippen LogP contribution is 2.18. The van der Waals surface area contributed by atoms with Gasteiger partial charge in [-0.25, -0.2) is 4.99 Å². The van der Waals surface area contributed by atoms with E-state index in [2.05, 4.69) is 48.5 Å². The highest BCUT2D eigenvalue weighted by molar-refractivity contribution is 5.96. The van der Waals surface area contributed by atoms with E-state index in [9.17, 15) is 9.59 Å². The third-order valence-corrected chi connectivity index (χ3v) is 5.10. The van der Waals surface area contributed by atoms with Crippen LogP contribution < -0.4 is 21.7 Å². The van der Waals surface area contributed by atoms with E-state index in [-0.39, 0.29) is 12.5 Å². The van der Waals surface area contributed by atoms with Crippen molar-refractivity contribution in [3.8, 4) is 0 Å². The van der Waals surface area contributed by atoms with Crippen LogP contribution in [0, 0.1) is 5.92 Å². The molecular formula is C21H34N6O2. The Morgan fingerprint density at radius 1 is 1.21 bits per heavy atom. The maximum absolute atomic E-state index is 11.9. The van der Waals surface area contributed by atoms with Crippen molar-refractivity contribution in [2.24, 2.45) is 16.6 Å². The summed E-state index contributed by atoms with van der Waals surface area (Å²) >= 11 is 0. The summed E-state index contributed by atoms with van der Waals surface area (Å²) < 4.78 is 0. The van der Waals surface area contributed by atoms with Gasteiger partial charge in [0.05, 0.1) is 13.1 Å². The van der Waals surface area contributed by atoms with Gasteiger partial charge in [-0.2, -0.15) is 0 Å². The fraction of sp³-hybridized carbons (Fsp3) is 0.571. The van der Waals surface area contributed by atoms with E-state index in [0.29, 0.717) is 30.1 Å². The van der Waals surface area contributed by atoms with Crippen molar-refractivity contribution in [1.29, 1.82) is 0 Å². The zero-order valence-electron chi connectivity index (χ0n) is 17.9. The van der Waals surface area contributed by atoms with Crippen molar-refractivity contribution >= 4 is 17.8 Å². The molecule has 0 bridgehead atoms. The van der Waals surface area contributed by atoms with E-state index in [1.807, 2.05) is 12.1 Å². The first-order valence-electron chi connectivity index (χ1n) is 10.2. The molecular weight excluding hydrogens is 368 g/mol. The molecule has 2 rings (SSSR count). The van der Waals surface area contributed by atoms with Gasteiger partial charge in [0.2, 0.25) is 5.91 Å². The van der Waals surface area contributed by atoms with Crippen LogP contribution in [0.3, 0.4) is 0 Å². The second kappa shape index (κ2) is 10.8. The number of carbonyl (C=O) groups excluding carboxylic acids is 2. The Morgan fingerprint density at radius 2 is 1.90 bits per heavy atom. The zero-order valence-corrected chi connectivity index (χ0v) is 17.9. The number of hydrogen-bond acceptors (Lipinski definition) is 4. The quantitative estimate of drug-likeness (QED) is 0.378. The van der Waals surface area contributed by atoms with Crippen molar-refractivity contribution < 1.29 is 9.59 Å². The van der Waals surface area contributed by atoms with Crippen molar-refractivity contribution in [3.05, 3.63) is 35.4 Å². The van der Waals surface area contributed by atoms with E-state index in [4.69, 9.17) is 10.7 Å². The van der Waals surface area contributed by atoms with Gasteiger partial charge in [0.1, 0.15) is 0 Å². The lowest BCUT2D eigenvalue weighted by molar-refractivity contribution is -0.117. The standard InChI is InChI=1S/C21H34N6O2/c1-5-23-21(26-18-13-27(14(2)3)12-15(18)4)25-10-16-6-8-17(9-7-16)20(29)24-11-19(22)28/h6-9,14-15,18H,5,10-13H2,1-4H3,(H2,22,28)(H,24,29)(H2,23,25,26). The molecule has 1 aromatic rings. The summed E-state index contributed by atoms with van der Waals surface area (Å²) in [6, 6.07) is 8.09. The molecule has 2 unspecified atom stereocenters. The molecule has 2 atom stereocenters. The molecule has 0 saturated carbocycles. The van der Waals surface area contributed by atoms with E-state index < -0.39 is 5.91 Å². The maximum atomic E-state index is 11.9. The van der Waals surface area contributed by atoms with Crippen LogP contribution >= 0.6 is 0 Å². The number of nitrogens with zero attached hydrogens (tertiary/aromatic N) is 2. The molecule has 1 heterocycles. The number of benzene rings is 1. The lowest BCUT2D eigenvalue weighted by Crippen LogP contribution is -2.46. The van der Waals surface area contributed by atoms with Gasteiger partial charge in [-0.15, -0.1) is 0 Å². The third-order valence-electron chi connectivity index (χ3n) is 5.10. The molecule has 1 aliphatic rings. The predicted octanol–water partition coefficient (Wildman–Crippen LogP) is 0.686. The Hall–Kier alpha value is -2.61. The van der Waals surface area contributed by atoms with Crippen LogP contribution in [0.2, 0.25) is 0 Å². The summed E-state index contributed by atoms with van der Waals surface area (Å²) in [5.41, 5.74) is 6.52. The molecule has 0 aromatic heterocycles. The minimum atomic E-state index is -0.569. The van der Waals surface area contributed by atoms with Gasteiger partial charge >= 0.3 is 0 Å². The SMILES string of the molecule is CCNC(=NCc1ccc(C(=O)NCC(N)=O)cc1)NC1CN(C(C)C)CC1C. The minimum Gasteiger partial charge on any atom is -0.368 e. The number of amides is 2. The number of guanidine groups is 1. The predicted molar refractivity (Wildman–Crippen MR) is 116 cm³/mol. The number of nitrogens with one attached hydrogen (secondary N) is 3. The van der Waals surface area contributed by atoms with Crippen LogP contribution in [0.5, 0.6) is 0 Å². The monoisotopic (exact) mass is 402 g/mol. The Labute approximate surface area is 173 Å². The fourth-order valence-corrected chi connectivity index (χ4v) is 3.31. The molecule has 1 aliphatic heterocycles. The molecule has 1 fully saturated rings. The first kappa shape index (κ1) is 22.7. The Balaban J connectivity index is 1.96. The third kappa shape index (κ3) is 7.05. The summed E-state index contributed by atoms with van der Waals surface area (Å²) in [4.78, 5) is 29.9. The smallest absolute Gasteiger partial charge is 0.251 e. The van der Waals surface area contributed by atoms with Gasteiger partial charge in [-0.05, 0) is 44.4 Å². The molecule has 0 radical (unpaired) electrons. The first-order valence-corrected chi connectivity index (χ1v) is 10.2. The largest absolute Gasteiger partial charge is 0.368 e. The average molecular weight is 403 g/mol. The number of likely N-dealkylation sites (tertiary alicyclic amines) is 1. The van der Waals surface area contributed by atoms with E-state index in [0.717, 1.165) is 31.2 Å². The van der Waals surface area contributed by atoms with Crippen molar-refractivity contribution in [3.63, 3.8) is 0 Å². The summed E-state index contributed by atoms with van der Waals surface area (Å²) in [6.07, 6.45) is 0. The Kier molecular flexibility index (Phi) is 8.45. The van der Waals surface area contributed by atoms with Crippen LogP contribution in [-0.4, -0.2) is 60.9 Å². The summed E-state index contributed by atoms with van der Waals surface area (Å²) in [6.45, 7) is 12.0. The average Bonchev–Trinajstić information content (AvgIpc) is 3.05. The molecule has 29 heavy (non-hydrogen) atoms. The van der Waals surface area contributed by atoms with Crippen LogP contribution in [0.4, 0.5) is 0 Å². The van der Waals surface area contributed by atoms with Gasteiger partial charge in [0.15, 0.2) is 5.96 Å². The fourth-order valence-electron chi connectivity index (χ4n) is 3.31. The molecule has 5 N–H and O–H groups in total. The van der Waals surface area contributed by atoms with Gasteiger partial charge in [0, 0.05) is 37.3 Å². The van der Waals surface area contributed by atoms with Gasteiger partial charge in [0.25, 0.3) is 5.91 Å². The number of aliphatic imine (C=N–C) groups is 1. The molecule has 8 nitrogen and oxygen atoms in total. The molecule has 1 saturated heterocycles. The van der Waals surface area contributed by atoms with Crippen molar-refractivity contribution in [2.45, 2.75) is 46.3 Å². The topological polar surface area (TPSA) is 112 Å². The number of hydrogen-bond donors (Lipinski definition) is 4. The van der Waals surface area contributed by atoms with Gasteiger partial charge in [-0.3, -0.25) is 14.5 Å². The van der Waals surface area contributed by atoms with Crippen LogP contribution in [0.25, 0.3) is 0 Å². The number of primary amides is 1. The first-order chi connectivity index (χ1) is 13.8. The Morgan fingerprint density at radius 3 is 2.45 bits per heavy atom.